The van der Waals surface area contributed by atoms with Gasteiger partial charge in [-0.2, -0.15) is 11.8 Å². The number of ether oxygens (including phenoxy) is 1. The van der Waals surface area contributed by atoms with E-state index >= 15 is 0 Å². The number of imide groups is 1. The number of thioether (sulfide) groups is 1. The molecule has 6 nitrogen and oxygen atoms in total. The molecule has 8 heteroatoms. The average molecular weight is 446 g/mol. The number of Topliss-reactive ketones (excluding diaryl/α,β-unsaturated/α-hetero) is 1. The van der Waals surface area contributed by atoms with Crippen molar-refractivity contribution in [2.24, 2.45) is 35.5 Å². The quantitative estimate of drug-likeness (QED) is 0.265. The van der Waals surface area contributed by atoms with Crippen molar-refractivity contribution in [1.82, 2.24) is 4.90 Å². The van der Waals surface area contributed by atoms with Crippen LogP contribution in [0.15, 0.2) is 29.7 Å². The molecule has 0 radical (unpaired) electrons. The first-order valence-electron chi connectivity index (χ1n) is 10.3. The monoisotopic (exact) mass is 445 g/mol. The first kappa shape index (κ1) is 20.0. The van der Waals surface area contributed by atoms with Crippen molar-refractivity contribution in [2.45, 2.75) is 18.9 Å². The number of hydrogen-bond acceptors (Lipinski definition) is 7. The summed E-state index contributed by atoms with van der Waals surface area (Å²) in [5.41, 5.74) is 0. The van der Waals surface area contributed by atoms with Crippen molar-refractivity contribution < 1.29 is 23.9 Å². The van der Waals surface area contributed by atoms with Gasteiger partial charge in [0, 0.05) is 0 Å². The number of carbonyl (C=O) groups is 4. The Morgan fingerprint density at radius 3 is 2.43 bits per heavy atom. The fraction of sp³-hybridized carbons (Fsp3) is 0.545. The van der Waals surface area contributed by atoms with Gasteiger partial charge < -0.3 is 4.74 Å². The van der Waals surface area contributed by atoms with E-state index in [4.69, 9.17) is 4.74 Å². The summed E-state index contributed by atoms with van der Waals surface area (Å²) in [4.78, 5) is 53.5. The summed E-state index contributed by atoms with van der Waals surface area (Å²) in [6.45, 7) is -0.380. The molecule has 6 rings (SSSR count). The highest BCUT2D eigenvalue weighted by Crippen LogP contribution is 2.65. The van der Waals surface area contributed by atoms with E-state index in [1.54, 1.807) is 29.3 Å². The fourth-order valence-corrected chi connectivity index (χ4v) is 6.72. The minimum Gasteiger partial charge on any atom is -0.456 e. The van der Waals surface area contributed by atoms with Gasteiger partial charge in [0.2, 0.25) is 17.6 Å². The number of rotatable bonds is 8. The Morgan fingerprint density at radius 1 is 1.20 bits per heavy atom. The normalized spacial score (nSPS) is 34.0. The predicted octanol–water partition coefficient (Wildman–Crippen LogP) is 2.65. The zero-order valence-corrected chi connectivity index (χ0v) is 18.2. The van der Waals surface area contributed by atoms with Crippen molar-refractivity contribution in [3.05, 3.63) is 34.5 Å². The lowest BCUT2D eigenvalue weighted by Crippen LogP contribution is -2.47. The van der Waals surface area contributed by atoms with E-state index in [2.05, 4.69) is 12.2 Å². The van der Waals surface area contributed by atoms with Gasteiger partial charge in [-0.1, -0.05) is 18.2 Å². The van der Waals surface area contributed by atoms with Gasteiger partial charge in [0.05, 0.1) is 16.7 Å². The van der Waals surface area contributed by atoms with E-state index in [-0.39, 0.29) is 47.9 Å². The second-order valence-corrected chi connectivity index (χ2v) is 10.4. The third kappa shape index (κ3) is 3.07. The van der Waals surface area contributed by atoms with Crippen LogP contribution in [-0.2, 0) is 19.1 Å². The lowest BCUT2D eigenvalue weighted by atomic mass is 9.63. The maximum absolute atomic E-state index is 13.3. The number of thiophene rings is 1. The third-order valence-electron chi connectivity index (χ3n) is 7.02. The number of hydrogen-bond donors (Lipinski definition) is 0. The van der Waals surface area contributed by atoms with Crippen molar-refractivity contribution in [3.8, 4) is 0 Å². The number of nitrogens with zero attached hydrogens (tertiary/aromatic N) is 1. The molecule has 0 aromatic carbocycles. The van der Waals surface area contributed by atoms with Crippen LogP contribution in [0.25, 0.3) is 0 Å². The molecule has 0 unspecified atom stereocenters. The maximum Gasteiger partial charge on any atom is 0.329 e. The average Bonchev–Trinajstić information content (AvgIpc) is 3.32. The van der Waals surface area contributed by atoms with Crippen molar-refractivity contribution in [2.75, 3.05) is 18.6 Å². The smallest absolute Gasteiger partial charge is 0.329 e. The summed E-state index contributed by atoms with van der Waals surface area (Å²) in [6.07, 6.45) is 7.57. The number of carbonyl (C=O) groups excluding carboxylic acids is 4. The highest BCUT2D eigenvalue weighted by molar-refractivity contribution is 7.98. The van der Waals surface area contributed by atoms with Crippen LogP contribution in [0.4, 0.5) is 0 Å². The molecule has 3 fully saturated rings. The Kier molecular flexibility index (Phi) is 5.09. The van der Waals surface area contributed by atoms with E-state index in [9.17, 15) is 19.2 Å². The second-order valence-electron chi connectivity index (χ2n) is 8.51. The van der Waals surface area contributed by atoms with Gasteiger partial charge >= 0.3 is 5.97 Å². The summed E-state index contributed by atoms with van der Waals surface area (Å²) in [5, 5.41) is 1.78. The molecule has 1 saturated heterocycles. The van der Waals surface area contributed by atoms with Crippen molar-refractivity contribution in [1.29, 1.82) is 0 Å². The van der Waals surface area contributed by atoms with Gasteiger partial charge in [0.25, 0.3) is 0 Å². The lowest BCUT2D eigenvalue weighted by Gasteiger charge is -2.37. The van der Waals surface area contributed by atoms with Crippen molar-refractivity contribution in [3.63, 3.8) is 0 Å². The summed E-state index contributed by atoms with van der Waals surface area (Å²) >= 11 is 2.83. The highest BCUT2D eigenvalue weighted by atomic mass is 32.2. The topological polar surface area (TPSA) is 80.8 Å². The Hall–Kier alpha value is -1.93. The maximum atomic E-state index is 13.3. The number of amides is 2. The molecule has 158 valence electrons. The van der Waals surface area contributed by atoms with Gasteiger partial charge in [0.15, 0.2) is 6.61 Å². The molecule has 1 aromatic rings. The van der Waals surface area contributed by atoms with Crippen LogP contribution < -0.4 is 0 Å². The third-order valence-corrected chi connectivity index (χ3v) is 8.57. The molecular weight excluding hydrogens is 422 g/mol. The Bertz CT molecular complexity index is 890. The van der Waals surface area contributed by atoms with E-state index in [0.29, 0.717) is 28.9 Å². The van der Waals surface area contributed by atoms with Gasteiger partial charge in [-0.25, -0.2) is 4.79 Å². The molecule has 30 heavy (non-hydrogen) atoms. The highest BCUT2D eigenvalue weighted by Gasteiger charge is 2.67. The zero-order chi connectivity index (χ0) is 21.0. The Morgan fingerprint density at radius 2 is 1.87 bits per heavy atom. The standard InChI is InChI=1S/C22H23NO5S2/c1-29-8-6-15(22(27)28-10-16(24)17-3-2-7-30-17)23-20(25)18-11-4-5-12(14-9-13(11)14)19(18)21(23)26/h2-5,7,11-15,18-19H,6,8-10H2,1H3/t11-,12-,13-,14+,15+,18+,19+/m0/s1. The SMILES string of the molecule is CSCC[C@H](C(=O)OCC(=O)c1cccs1)N1C(=O)[C@@H]2[C@H]3C=C[C@@H]([C@@H]4C[C@H]34)[C@H]2C1=O. The largest absolute Gasteiger partial charge is 0.456 e. The van der Waals surface area contributed by atoms with Crippen LogP contribution in [0, 0.1) is 35.5 Å². The fourth-order valence-electron chi connectivity index (χ4n) is 5.61. The zero-order valence-electron chi connectivity index (χ0n) is 16.6. The minimum absolute atomic E-state index is 0.115. The first-order chi connectivity index (χ1) is 14.5. The molecule has 4 aliphatic carbocycles. The second kappa shape index (κ2) is 7.64. The molecule has 7 atom stereocenters. The van der Waals surface area contributed by atoms with E-state index in [0.717, 1.165) is 6.42 Å². The predicted molar refractivity (Wildman–Crippen MR) is 113 cm³/mol. The van der Waals surface area contributed by atoms with Crippen LogP contribution in [0.1, 0.15) is 22.5 Å². The molecule has 0 spiro atoms. The molecule has 2 saturated carbocycles. The summed E-state index contributed by atoms with van der Waals surface area (Å²) in [7, 11) is 0. The number of likely N-dealkylation sites (tertiary alicyclic amines) is 1. The summed E-state index contributed by atoms with van der Waals surface area (Å²) in [5.74, 6) is -0.228. The van der Waals surface area contributed by atoms with Gasteiger partial charge in [-0.15, -0.1) is 11.3 Å². The Labute approximate surface area is 183 Å². The van der Waals surface area contributed by atoms with Gasteiger partial charge in [-0.3, -0.25) is 19.3 Å². The molecule has 0 N–H and O–H groups in total. The Balaban J connectivity index is 1.34. The van der Waals surface area contributed by atoms with Crippen LogP contribution in [0.5, 0.6) is 0 Å². The number of ketones is 1. The number of esters is 1. The number of allylic oxidation sites excluding steroid dienone is 2. The van der Waals surface area contributed by atoms with Crippen LogP contribution in [0.2, 0.25) is 0 Å². The van der Waals surface area contributed by atoms with Crippen molar-refractivity contribution >= 4 is 46.7 Å². The van der Waals surface area contributed by atoms with Crippen LogP contribution in [-0.4, -0.2) is 53.1 Å². The molecule has 2 amide bonds. The van der Waals surface area contributed by atoms with Crippen LogP contribution in [0.3, 0.4) is 0 Å². The lowest BCUT2D eigenvalue weighted by molar-refractivity contribution is -0.158. The van der Waals surface area contributed by atoms with E-state index < -0.39 is 12.0 Å². The molecule has 1 aliphatic heterocycles. The summed E-state index contributed by atoms with van der Waals surface area (Å²) in [6, 6.07) is 2.48. The van der Waals surface area contributed by atoms with E-state index in [1.165, 1.54) is 16.2 Å². The molecular formula is C22H23NO5S2. The van der Waals surface area contributed by atoms with Gasteiger partial charge in [-0.05, 0) is 60.0 Å². The van der Waals surface area contributed by atoms with Crippen LogP contribution >= 0.6 is 23.1 Å². The molecule has 1 aromatic heterocycles. The first-order valence-corrected chi connectivity index (χ1v) is 12.6. The molecule has 2 bridgehead atoms. The molecule has 5 aliphatic rings. The summed E-state index contributed by atoms with van der Waals surface area (Å²) < 4.78 is 5.30. The molecule has 2 heterocycles. The minimum atomic E-state index is -0.963. The van der Waals surface area contributed by atoms with Gasteiger partial charge in [0.1, 0.15) is 6.04 Å². The van der Waals surface area contributed by atoms with E-state index in [1.807, 2.05) is 6.26 Å².